The molecule has 0 atom stereocenters. The summed E-state index contributed by atoms with van der Waals surface area (Å²) in [6.45, 7) is 8.09. The maximum Gasteiger partial charge on any atom is 0.0340 e. The van der Waals surface area contributed by atoms with E-state index in [0.29, 0.717) is 5.92 Å². The summed E-state index contributed by atoms with van der Waals surface area (Å²) in [4.78, 5) is 2.42. The van der Waals surface area contributed by atoms with Gasteiger partial charge < -0.3 is 10.2 Å². The van der Waals surface area contributed by atoms with Crippen molar-refractivity contribution in [2.45, 2.75) is 32.6 Å². The second kappa shape index (κ2) is 6.24. The molecular formula is C16H26N2. The number of benzene rings is 1. The van der Waals surface area contributed by atoms with Crippen LogP contribution < -0.4 is 5.32 Å². The number of rotatable bonds is 4. The molecule has 2 nitrogen and oxygen atoms in total. The molecule has 0 radical (unpaired) electrons. The molecule has 0 aliphatic carbocycles. The Morgan fingerprint density at radius 1 is 1.17 bits per heavy atom. The summed E-state index contributed by atoms with van der Waals surface area (Å²) < 4.78 is 0. The Morgan fingerprint density at radius 2 is 1.78 bits per heavy atom. The van der Waals surface area contributed by atoms with Crippen LogP contribution in [0.4, 0.5) is 5.69 Å². The van der Waals surface area contributed by atoms with Gasteiger partial charge in [-0.3, -0.25) is 0 Å². The maximum absolute atomic E-state index is 3.58. The maximum atomic E-state index is 3.58. The highest BCUT2D eigenvalue weighted by atomic mass is 15.1. The van der Waals surface area contributed by atoms with Crippen LogP contribution in [0.2, 0.25) is 0 Å². The van der Waals surface area contributed by atoms with Crippen molar-refractivity contribution in [3.63, 3.8) is 0 Å². The van der Waals surface area contributed by atoms with Crippen LogP contribution in [0.5, 0.6) is 0 Å². The Balaban J connectivity index is 1.79. The molecule has 18 heavy (non-hydrogen) atoms. The van der Waals surface area contributed by atoms with Crippen molar-refractivity contribution < 1.29 is 0 Å². The number of hydrogen-bond acceptors (Lipinski definition) is 2. The molecule has 1 fully saturated rings. The van der Waals surface area contributed by atoms with E-state index in [-0.39, 0.29) is 0 Å². The van der Waals surface area contributed by atoms with Gasteiger partial charge in [-0.15, -0.1) is 0 Å². The highest BCUT2D eigenvalue weighted by Crippen LogP contribution is 2.19. The molecular weight excluding hydrogens is 220 g/mol. The second-order valence-electron chi connectivity index (χ2n) is 5.90. The zero-order chi connectivity index (χ0) is 13.0. The van der Waals surface area contributed by atoms with Crippen LogP contribution in [0.3, 0.4) is 0 Å². The smallest absolute Gasteiger partial charge is 0.0340 e. The van der Waals surface area contributed by atoms with E-state index in [2.05, 4.69) is 55.4 Å². The van der Waals surface area contributed by atoms with Crippen molar-refractivity contribution in [2.24, 2.45) is 5.92 Å². The first-order valence-electron chi connectivity index (χ1n) is 7.17. The lowest BCUT2D eigenvalue weighted by Gasteiger charge is -2.29. The number of likely N-dealkylation sites (tertiary alicyclic amines) is 1. The summed E-state index contributed by atoms with van der Waals surface area (Å²) >= 11 is 0. The van der Waals surface area contributed by atoms with Gasteiger partial charge in [-0.2, -0.15) is 0 Å². The predicted octanol–water partition coefficient (Wildman–Crippen LogP) is 3.56. The van der Waals surface area contributed by atoms with Gasteiger partial charge in [0.1, 0.15) is 0 Å². The summed E-state index contributed by atoms with van der Waals surface area (Å²) in [5, 5.41) is 3.58. The van der Waals surface area contributed by atoms with Crippen molar-refractivity contribution in [3.8, 4) is 0 Å². The highest BCUT2D eigenvalue weighted by Gasteiger charge is 2.15. The van der Waals surface area contributed by atoms with E-state index in [1.807, 2.05) is 0 Å². The predicted molar refractivity (Wildman–Crippen MR) is 79.2 cm³/mol. The second-order valence-corrected chi connectivity index (χ2v) is 5.90. The van der Waals surface area contributed by atoms with Crippen molar-refractivity contribution in [1.29, 1.82) is 0 Å². The summed E-state index contributed by atoms with van der Waals surface area (Å²) in [6, 6.07) is 8.90. The minimum absolute atomic E-state index is 0.618. The van der Waals surface area contributed by atoms with Crippen LogP contribution in [0, 0.1) is 5.92 Å². The monoisotopic (exact) mass is 246 g/mol. The fraction of sp³-hybridized carbons (Fsp3) is 0.625. The Labute approximate surface area is 111 Å². The lowest BCUT2D eigenvalue weighted by Crippen LogP contribution is -2.32. The van der Waals surface area contributed by atoms with E-state index in [1.54, 1.807) is 0 Å². The molecule has 1 saturated heterocycles. The summed E-state index contributed by atoms with van der Waals surface area (Å²) in [6.07, 6.45) is 2.65. The third-order valence-corrected chi connectivity index (χ3v) is 4.01. The number of hydrogen-bond donors (Lipinski definition) is 1. The first-order valence-corrected chi connectivity index (χ1v) is 7.17. The SMILES string of the molecule is CC(C)c1ccc(NCC2CCN(C)CC2)cc1. The first kappa shape index (κ1) is 13.4. The molecule has 2 heteroatoms. The van der Waals surface area contributed by atoms with Crippen LogP contribution in [-0.2, 0) is 0 Å². The minimum Gasteiger partial charge on any atom is -0.385 e. The molecule has 0 bridgehead atoms. The molecule has 0 spiro atoms. The molecule has 1 N–H and O–H groups in total. The van der Waals surface area contributed by atoms with E-state index < -0.39 is 0 Å². The van der Waals surface area contributed by atoms with E-state index >= 15 is 0 Å². The van der Waals surface area contributed by atoms with Gasteiger partial charge in [0.15, 0.2) is 0 Å². The van der Waals surface area contributed by atoms with Gasteiger partial charge in [0, 0.05) is 12.2 Å². The van der Waals surface area contributed by atoms with Crippen molar-refractivity contribution in [2.75, 3.05) is 32.0 Å². The Kier molecular flexibility index (Phi) is 4.65. The molecule has 1 aliphatic heterocycles. The van der Waals surface area contributed by atoms with E-state index in [1.165, 1.54) is 37.2 Å². The van der Waals surface area contributed by atoms with Crippen molar-refractivity contribution >= 4 is 5.69 Å². The van der Waals surface area contributed by atoms with E-state index in [0.717, 1.165) is 12.5 Å². The summed E-state index contributed by atoms with van der Waals surface area (Å²) in [7, 11) is 2.22. The van der Waals surface area contributed by atoms with Gasteiger partial charge in [0.05, 0.1) is 0 Å². The number of nitrogens with one attached hydrogen (secondary N) is 1. The summed E-state index contributed by atoms with van der Waals surface area (Å²) in [5.74, 6) is 1.46. The van der Waals surface area contributed by atoms with Gasteiger partial charge >= 0.3 is 0 Å². The third kappa shape index (κ3) is 3.74. The van der Waals surface area contributed by atoms with E-state index in [9.17, 15) is 0 Å². The summed E-state index contributed by atoms with van der Waals surface area (Å²) in [5.41, 5.74) is 2.68. The van der Waals surface area contributed by atoms with Gasteiger partial charge in [-0.05, 0) is 62.5 Å². The molecule has 1 heterocycles. The normalized spacial score (nSPS) is 18.2. The standard InChI is InChI=1S/C16H26N2/c1-13(2)15-4-6-16(7-5-15)17-12-14-8-10-18(3)11-9-14/h4-7,13-14,17H,8-12H2,1-3H3. The molecule has 2 rings (SSSR count). The number of anilines is 1. The Morgan fingerprint density at radius 3 is 2.33 bits per heavy atom. The van der Waals surface area contributed by atoms with Crippen LogP contribution in [-0.4, -0.2) is 31.6 Å². The van der Waals surface area contributed by atoms with Crippen LogP contribution in [0.1, 0.15) is 38.2 Å². The zero-order valence-corrected chi connectivity index (χ0v) is 11.9. The first-order chi connectivity index (χ1) is 8.65. The van der Waals surface area contributed by atoms with Crippen LogP contribution in [0.25, 0.3) is 0 Å². The Hall–Kier alpha value is -1.02. The quantitative estimate of drug-likeness (QED) is 0.874. The van der Waals surface area contributed by atoms with Gasteiger partial charge in [0.25, 0.3) is 0 Å². The zero-order valence-electron chi connectivity index (χ0n) is 11.9. The number of piperidine rings is 1. The lowest BCUT2D eigenvalue weighted by atomic mass is 9.97. The van der Waals surface area contributed by atoms with Gasteiger partial charge in [-0.1, -0.05) is 26.0 Å². The topological polar surface area (TPSA) is 15.3 Å². The molecule has 1 aromatic rings. The van der Waals surface area contributed by atoms with Gasteiger partial charge in [-0.25, -0.2) is 0 Å². The molecule has 100 valence electrons. The molecule has 0 amide bonds. The molecule has 0 unspecified atom stereocenters. The van der Waals surface area contributed by atoms with E-state index in [4.69, 9.17) is 0 Å². The average Bonchev–Trinajstić information content (AvgIpc) is 2.38. The lowest BCUT2D eigenvalue weighted by molar-refractivity contribution is 0.226. The average molecular weight is 246 g/mol. The largest absolute Gasteiger partial charge is 0.385 e. The number of nitrogens with zero attached hydrogens (tertiary/aromatic N) is 1. The highest BCUT2D eigenvalue weighted by molar-refractivity contribution is 5.45. The third-order valence-electron chi connectivity index (χ3n) is 4.01. The van der Waals surface area contributed by atoms with Crippen molar-refractivity contribution in [3.05, 3.63) is 29.8 Å². The van der Waals surface area contributed by atoms with Crippen molar-refractivity contribution in [1.82, 2.24) is 4.90 Å². The molecule has 1 aliphatic rings. The molecule has 0 saturated carbocycles. The van der Waals surface area contributed by atoms with Crippen LogP contribution in [0.15, 0.2) is 24.3 Å². The minimum atomic E-state index is 0.618. The molecule has 0 aromatic heterocycles. The fourth-order valence-electron chi connectivity index (χ4n) is 2.51. The Bertz CT molecular complexity index is 348. The fourth-order valence-corrected chi connectivity index (χ4v) is 2.51. The van der Waals surface area contributed by atoms with Gasteiger partial charge in [0.2, 0.25) is 0 Å². The van der Waals surface area contributed by atoms with Crippen LogP contribution >= 0.6 is 0 Å². The molecule has 1 aromatic carbocycles.